The number of hydrogen-bond donors (Lipinski definition) is 2. The first-order valence-corrected chi connectivity index (χ1v) is 8.67. The number of sulfonamides is 1. The Morgan fingerprint density at radius 2 is 1.86 bits per heavy atom. The summed E-state index contributed by atoms with van der Waals surface area (Å²) in [4.78, 5) is 0.0678. The van der Waals surface area contributed by atoms with Crippen molar-refractivity contribution in [3.05, 3.63) is 29.1 Å². The molecule has 0 saturated carbocycles. The van der Waals surface area contributed by atoms with E-state index in [9.17, 15) is 12.8 Å². The third-order valence-electron chi connectivity index (χ3n) is 3.37. The van der Waals surface area contributed by atoms with E-state index in [2.05, 4.69) is 18.6 Å². The van der Waals surface area contributed by atoms with E-state index < -0.39 is 15.8 Å². The van der Waals surface area contributed by atoms with Gasteiger partial charge in [0.15, 0.2) is 0 Å². The first kappa shape index (κ1) is 18.1. The SMILES string of the molecule is Cc1cc(S(=O)(=O)NC(C)CCC(C)C)cc(CN)c1F. The van der Waals surface area contributed by atoms with Gasteiger partial charge in [0.2, 0.25) is 10.0 Å². The lowest BCUT2D eigenvalue weighted by molar-refractivity contribution is 0.485. The van der Waals surface area contributed by atoms with Crippen molar-refractivity contribution < 1.29 is 12.8 Å². The van der Waals surface area contributed by atoms with Crippen LogP contribution in [0, 0.1) is 18.7 Å². The Morgan fingerprint density at radius 1 is 1.24 bits per heavy atom. The van der Waals surface area contributed by atoms with Gasteiger partial charge < -0.3 is 5.73 Å². The van der Waals surface area contributed by atoms with Gasteiger partial charge in [0.25, 0.3) is 0 Å². The van der Waals surface area contributed by atoms with Gasteiger partial charge in [-0.05, 0) is 50.3 Å². The molecule has 0 spiro atoms. The monoisotopic (exact) mass is 316 g/mol. The molecule has 1 atom stereocenters. The van der Waals surface area contributed by atoms with Crippen LogP contribution in [0.4, 0.5) is 4.39 Å². The van der Waals surface area contributed by atoms with Crippen LogP contribution in [-0.4, -0.2) is 14.5 Å². The summed E-state index contributed by atoms with van der Waals surface area (Å²) in [6.45, 7) is 7.53. The molecule has 0 aliphatic carbocycles. The lowest BCUT2D eigenvalue weighted by Gasteiger charge is -2.16. The predicted molar refractivity (Wildman–Crippen MR) is 82.9 cm³/mol. The van der Waals surface area contributed by atoms with E-state index in [4.69, 9.17) is 5.73 Å². The van der Waals surface area contributed by atoms with Gasteiger partial charge in [-0.25, -0.2) is 17.5 Å². The van der Waals surface area contributed by atoms with Crippen molar-refractivity contribution >= 4 is 10.0 Å². The minimum absolute atomic E-state index is 0.0288. The van der Waals surface area contributed by atoms with Crippen molar-refractivity contribution in [3.63, 3.8) is 0 Å². The minimum atomic E-state index is -3.65. The Hall–Kier alpha value is -0.980. The summed E-state index contributed by atoms with van der Waals surface area (Å²) in [5.41, 5.74) is 5.96. The number of hydrogen-bond acceptors (Lipinski definition) is 3. The van der Waals surface area contributed by atoms with E-state index >= 15 is 0 Å². The Bertz CT molecular complexity index is 586. The third kappa shape index (κ3) is 5.05. The number of nitrogens with one attached hydrogen (secondary N) is 1. The predicted octanol–water partition coefficient (Wildman–Crippen LogP) is 2.70. The number of benzene rings is 1. The Balaban J connectivity index is 2.95. The van der Waals surface area contributed by atoms with E-state index in [0.717, 1.165) is 12.8 Å². The summed E-state index contributed by atoms with van der Waals surface area (Å²) in [6, 6.07) is 2.48. The summed E-state index contributed by atoms with van der Waals surface area (Å²) in [5.74, 6) is 0.0816. The molecule has 1 rings (SSSR count). The molecule has 0 aliphatic rings. The molecule has 0 radical (unpaired) electrons. The normalized spacial score (nSPS) is 13.7. The fourth-order valence-electron chi connectivity index (χ4n) is 2.09. The maximum absolute atomic E-state index is 13.7. The second-order valence-electron chi connectivity index (χ2n) is 5.91. The molecule has 0 aromatic heterocycles. The quantitative estimate of drug-likeness (QED) is 0.812. The molecule has 0 aliphatic heterocycles. The van der Waals surface area contributed by atoms with E-state index in [1.54, 1.807) is 0 Å². The largest absolute Gasteiger partial charge is 0.326 e. The van der Waals surface area contributed by atoms with Gasteiger partial charge in [-0.15, -0.1) is 0 Å². The molecule has 1 aromatic rings. The average Bonchev–Trinajstić information content (AvgIpc) is 2.38. The zero-order valence-corrected chi connectivity index (χ0v) is 13.9. The van der Waals surface area contributed by atoms with Gasteiger partial charge >= 0.3 is 0 Å². The molecule has 1 aromatic carbocycles. The molecular weight excluding hydrogens is 291 g/mol. The highest BCUT2D eigenvalue weighted by molar-refractivity contribution is 7.89. The van der Waals surface area contributed by atoms with E-state index in [-0.39, 0.29) is 28.6 Å². The van der Waals surface area contributed by atoms with Crippen LogP contribution < -0.4 is 10.5 Å². The molecule has 0 heterocycles. The van der Waals surface area contributed by atoms with Gasteiger partial charge in [-0.1, -0.05) is 13.8 Å². The molecule has 21 heavy (non-hydrogen) atoms. The van der Waals surface area contributed by atoms with Crippen molar-refractivity contribution in [2.75, 3.05) is 0 Å². The summed E-state index contributed by atoms with van der Waals surface area (Å²) >= 11 is 0. The lowest BCUT2D eigenvalue weighted by atomic mass is 10.1. The smallest absolute Gasteiger partial charge is 0.240 e. The number of nitrogens with two attached hydrogens (primary N) is 1. The highest BCUT2D eigenvalue weighted by atomic mass is 32.2. The molecule has 0 amide bonds. The van der Waals surface area contributed by atoms with E-state index in [0.29, 0.717) is 5.92 Å². The molecule has 120 valence electrons. The maximum Gasteiger partial charge on any atom is 0.240 e. The number of aryl methyl sites for hydroxylation is 1. The van der Waals surface area contributed by atoms with Crippen molar-refractivity contribution in [3.8, 4) is 0 Å². The van der Waals surface area contributed by atoms with Crippen LogP contribution in [0.2, 0.25) is 0 Å². The number of halogens is 1. The molecule has 0 bridgehead atoms. The lowest BCUT2D eigenvalue weighted by Crippen LogP contribution is -2.33. The highest BCUT2D eigenvalue weighted by Crippen LogP contribution is 2.19. The van der Waals surface area contributed by atoms with Crippen LogP contribution in [0.3, 0.4) is 0 Å². The summed E-state index contributed by atoms with van der Waals surface area (Å²) < 4.78 is 41.1. The molecule has 1 unspecified atom stereocenters. The fourth-order valence-corrected chi connectivity index (χ4v) is 3.50. The van der Waals surface area contributed by atoms with Gasteiger partial charge in [0, 0.05) is 18.2 Å². The summed E-state index contributed by atoms with van der Waals surface area (Å²) in [7, 11) is -3.65. The topological polar surface area (TPSA) is 72.2 Å². The summed E-state index contributed by atoms with van der Waals surface area (Å²) in [5, 5.41) is 0. The Morgan fingerprint density at radius 3 is 2.38 bits per heavy atom. The van der Waals surface area contributed by atoms with Crippen LogP contribution in [0.15, 0.2) is 17.0 Å². The third-order valence-corrected chi connectivity index (χ3v) is 4.94. The molecule has 3 N–H and O–H groups in total. The van der Waals surface area contributed by atoms with Gasteiger partial charge in [0.1, 0.15) is 5.82 Å². The van der Waals surface area contributed by atoms with Gasteiger partial charge in [0.05, 0.1) is 4.90 Å². The van der Waals surface area contributed by atoms with Crippen LogP contribution in [0.1, 0.15) is 44.7 Å². The van der Waals surface area contributed by atoms with Gasteiger partial charge in [-0.2, -0.15) is 0 Å². The fraction of sp³-hybridized carbons (Fsp3) is 0.600. The molecule has 0 saturated heterocycles. The molecule has 6 heteroatoms. The summed E-state index contributed by atoms with van der Waals surface area (Å²) in [6.07, 6.45) is 1.71. The minimum Gasteiger partial charge on any atom is -0.326 e. The van der Waals surface area contributed by atoms with Crippen molar-refractivity contribution in [2.24, 2.45) is 11.7 Å². The Kier molecular flexibility index (Phi) is 6.31. The van der Waals surface area contributed by atoms with Crippen LogP contribution in [0.5, 0.6) is 0 Å². The molecule has 0 fully saturated rings. The first-order chi connectivity index (χ1) is 9.67. The van der Waals surface area contributed by atoms with Crippen LogP contribution >= 0.6 is 0 Å². The van der Waals surface area contributed by atoms with Gasteiger partial charge in [-0.3, -0.25) is 0 Å². The van der Waals surface area contributed by atoms with E-state index in [1.165, 1.54) is 19.1 Å². The van der Waals surface area contributed by atoms with E-state index in [1.807, 2.05) is 6.92 Å². The number of rotatable bonds is 7. The van der Waals surface area contributed by atoms with Crippen molar-refractivity contribution in [1.82, 2.24) is 4.72 Å². The second kappa shape index (κ2) is 7.33. The molecular formula is C15H25FN2O2S. The zero-order valence-electron chi connectivity index (χ0n) is 13.1. The van der Waals surface area contributed by atoms with Crippen LogP contribution in [0.25, 0.3) is 0 Å². The standard InChI is InChI=1S/C15H25FN2O2S/c1-10(2)5-6-12(4)18-21(19,20)14-7-11(3)15(16)13(8-14)9-17/h7-8,10,12,18H,5-6,9,17H2,1-4H3. The Labute approximate surface area is 127 Å². The average molecular weight is 316 g/mol. The second-order valence-corrected chi connectivity index (χ2v) is 7.62. The highest BCUT2D eigenvalue weighted by Gasteiger charge is 2.20. The zero-order chi connectivity index (χ0) is 16.2. The van der Waals surface area contributed by atoms with Crippen LogP contribution in [-0.2, 0) is 16.6 Å². The van der Waals surface area contributed by atoms with Crippen molar-refractivity contribution in [2.45, 2.75) is 58.0 Å². The maximum atomic E-state index is 13.7. The van der Waals surface area contributed by atoms with Crippen molar-refractivity contribution in [1.29, 1.82) is 0 Å². The molecule has 4 nitrogen and oxygen atoms in total. The first-order valence-electron chi connectivity index (χ1n) is 7.18.